The monoisotopic (exact) mass is 402 g/mol. The molecule has 0 spiro atoms. The first-order chi connectivity index (χ1) is 11.6. The van der Waals surface area contributed by atoms with Crippen LogP contribution in [-0.2, 0) is 6.42 Å². The number of amides is 1. The zero-order valence-corrected chi connectivity index (χ0v) is 16.0. The molecule has 2 aromatic rings. The van der Waals surface area contributed by atoms with Crippen molar-refractivity contribution in [1.82, 2.24) is 20.4 Å². The Kier molecular flexibility index (Phi) is 7.56. The minimum Gasteiger partial charge on any atom is -0.350 e. The average molecular weight is 404 g/mol. The Bertz CT molecular complexity index is 693. The molecular weight excluding hydrogens is 383 g/mol. The maximum atomic E-state index is 12.2. The van der Waals surface area contributed by atoms with Crippen LogP contribution in [0.25, 0.3) is 0 Å². The van der Waals surface area contributed by atoms with Crippen LogP contribution in [0.3, 0.4) is 0 Å². The van der Waals surface area contributed by atoms with Gasteiger partial charge in [-0.15, -0.1) is 12.4 Å². The first-order valence-electron chi connectivity index (χ1n) is 8.12. The van der Waals surface area contributed by atoms with Crippen molar-refractivity contribution in [3.05, 3.63) is 51.8 Å². The molecule has 1 fully saturated rings. The molecule has 1 aliphatic rings. The Balaban J connectivity index is 0.00000225. The number of aromatic nitrogens is 2. The summed E-state index contributed by atoms with van der Waals surface area (Å²) in [6.07, 6.45) is 4.67. The lowest BCUT2D eigenvalue weighted by Crippen LogP contribution is -2.32. The van der Waals surface area contributed by atoms with E-state index < -0.39 is 0 Å². The van der Waals surface area contributed by atoms with Crippen LogP contribution in [0.4, 0.5) is 0 Å². The zero-order valence-electron chi connectivity index (χ0n) is 13.7. The highest BCUT2D eigenvalue weighted by atomic mass is 35.5. The fraction of sp³-hybridized carbons (Fsp3) is 0.412. The van der Waals surface area contributed by atoms with E-state index in [9.17, 15) is 4.79 Å². The number of benzene rings is 1. The number of nitrogens with one attached hydrogen (secondary N) is 2. The molecule has 0 aliphatic carbocycles. The lowest BCUT2D eigenvalue weighted by Gasteiger charge is -2.22. The molecule has 8 heteroatoms. The molecule has 1 atom stereocenters. The second-order valence-corrected chi connectivity index (χ2v) is 6.70. The Morgan fingerprint density at radius 3 is 2.76 bits per heavy atom. The first-order valence-corrected chi connectivity index (χ1v) is 8.87. The van der Waals surface area contributed by atoms with E-state index in [1.165, 1.54) is 0 Å². The summed E-state index contributed by atoms with van der Waals surface area (Å²) in [5.41, 5.74) is 1.28. The van der Waals surface area contributed by atoms with Crippen LogP contribution in [0.2, 0.25) is 10.0 Å². The van der Waals surface area contributed by atoms with E-state index in [4.69, 9.17) is 23.2 Å². The van der Waals surface area contributed by atoms with Gasteiger partial charge in [-0.2, -0.15) is 5.10 Å². The van der Waals surface area contributed by atoms with Crippen molar-refractivity contribution in [1.29, 1.82) is 0 Å². The van der Waals surface area contributed by atoms with Gasteiger partial charge in [0, 0.05) is 29.3 Å². The van der Waals surface area contributed by atoms with Gasteiger partial charge in [0.25, 0.3) is 5.91 Å². The van der Waals surface area contributed by atoms with Gasteiger partial charge in [0.15, 0.2) is 0 Å². The van der Waals surface area contributed by atoms with Crippen LogP contribution in [0, 0.1) is 0 Å². The maximum Gasteiger partial charge on any atom is 0.271 e. The fourth-order valence-electron chi connectivity index (χ4n) is 2.88. The number of nitrogens with zero attached hydrogens (tertiary/aromatic N) is 2. The van der Waals surface area contributed by atoms with Gasteiger partial charge in [-0.25, -0.2) is 0 Å². The number of carbonyl (C=O) groups is 1. The Labute approximate surface area is 163 Å². The number of piperidine rings is 1. The number of hydrogen-bond acceptors (Lipinski definition) is 3. The van der Waals surface area contributed by atoms with Crippen LogP contribution in [0.5, 0.6) is 0 Å². The van der Waals surface area contributed by atoms with Gasteiger partial charge in [-0.3, -0.25) is 9.48 Å². The van der Waals surface area contributed by atoms with E-state index in [0.29, 0.717) is 34.7 Å². The average Bonchev–Trinajstić information content (AvgIpc) is 3.08. The molecule has 5 nitrogen and oxygen atoms in total. The predicted octanol–water partition coefficient (Wildman–Crippen LogP) is 3.51. The molecule has 2 N–H and O–H groups in total. The van der Waals surface area contributed by atoms with Crippen molar-refractivity contribution >= 4 is 41.5 Å². The molecule has 136 valence electrons. The molecule has 1 aromatic carbocycles. The second kappa shape index (κ2) is 9.43. The third-order valence-electron chi connectivity index (χ3n) is 4.21. The molecule has 1 unspecified atom stereocenters. The zero-order chi connectivity index (χ0) is 16.9. The van der Waals surface area contributed by atoms with Crippen LogP contribution >= 0.6 is 35.6 Å². The smallest absolute Gasteiger partial charge is 0.271 e. The molecule has 3 rings (SSSR count). The van der Waals surface area contributed by atoms with Gasteiger partial charge in [-0.05, 0) is 49.6 Å². The summed E-state index contributed by atoms with van der Waals surface area (Å²) in [5, 5.41) is 11.9. The van der Waals surface area contributed by atoms with Crippen LogP contribution in [0.1, 0.15) is 34.9 Å². The predicted molar refractivity (Wildman–Crippen MR) is 103 cm³/mol. The summed E-state index contributed by atoms with van der Waals surface area (Å²) in [6.45, 7) is 2.41. The normalized spacial score (nSPS) is 17.0. The number of rotatable bonds is 5. The Morgan fingerprint density at radius 2 is 2.08 bits per heavy atom. The number of halogens is 3. The highest BCUT2D eigenvalue weighted by Gasteiger charge is 2.17. The third-order valence-corrected chi connectivity index (χ3v) is 4.92. The van der Waals surface area contributed by atoms with Crippen molar-refractivity contribution in [2.45, 2.75) is 25.3 Å². The van der Waals surface area contributed by atoms with Gasteiger partial charge in [0.05, 0.1) is 6.04 Å². The van der Waals surface area contributed by atoms with Crippen molar-refractivity contribution in [2.24, 2.45) is 0 Å². The summed E-state index contributed by atoms with van der Waals surface area (Å²) in [4.78, 5) is 12.2. The van der Waals surface area contributed by atoms with Gasteiger partial charge in [0.1, 0.15) is 5.69 Å². The lowest BCUT2D eigenvalue weighted by molar-refractivity contribution is 0.0947. The first kappa shape index (κ1) is 20.0. The molecule has 1 saturated heterocycles. The van der Waals surface area contributed by atoms with Crippen molar-refractivity contribution in [2.75, 3.05) is 19.6 Å². The molecule has 25 heavy (non-hydrogen) atoms. The summed E-state index contributed by atoms with van der Waals surface area (Å²) >= 11 is 12.3. The SMILES string of the molecule is Cl.O=C(NCCc1c(Cl)cccc1Cl)c1ccn(C2CCCNC2)n1. The molecule has 0 bridgehead atoms. The van der Waals surface area contributed by atoms with Crippen molar-refractivity contribution in [3.8, 4) is 0 Å². The molecule has 2 heterocycles. The minimum absolute atomic E-state index is 0. The highest BCUT2D eigenvalue weighted by molar-refractivity contribution is 6.36. The fourth-order valence-corrected chi connectivity index (χ4v) is 3.47. The molecule has 1 amide bonds. The number of carbonyl (C=O) groups excluding carboxylic acids is 1. The highest BCUT2D eigenvalue weighted by Crippen LogP contribution is 2.24. The van der Waals surface area contributed by atoms with Crippen molar-refractivity contribution in [3.63, 3.8) is 0 Å². The summed E-state index contributed by atoms with van der Waals surface area (Å²) < 4.78 is 1.88. The van der Waals surface area contributed by atoms with Crippen LogP contribution in [-0.4, -0.2) is 35.3 Å². The van der Waals surface area contributed by atoms with Gasteiger partial charge < -0.3 is 10.6 Å². The Morgan fingerprint density at radius 1 is 1.32 bits per heavy atom. The topological polar surface area (TPSA) is 59.0 Å². The maximum absolute atomic E-state index is 12.2. The Hall–Kier alpha value is -1.27. The summed E-state index contributed by atoms with van der Waals surface area (Å²) in [7, 11) is 0. The summed E-state index contributed by atoms with van der Waals surface area (Å²) in [6, 6.07) is 7.48. The van der Waals surface area contributed by atoms with E-state index >= 15 is 0 Å². The van der Waals surface area contributed by atoms with Crippen molar-refractivity contribution < 1.29 is 4.79 Å². The van der Waals surface area contributed by atoms with E-state index in [-0.39, 0.29) is 18.3 Å². The van der Waals surface area contributed by atoms with E-state index in [0.717, 1.165) is 31.5 Å². The molecule has 1 aromatic heterocycles. The lowest BCUT2D eigenvalue weighted by atomic mass is 10.1. The molecule has 0 radical (unpaired) electrons. The van der Waals surface area contributed by atoms with E-state index in [2.05, 4.69) is 15.7 Å². The van der Waals surface area contributed by atoms with Gasteiger partial charge in [0.2, 0.25) is 0 Å². The standard InChI is InChI=1S/C17H20Cl2N4O.ClH/c18-14-4-1-5-15(19)13(14)6-9-21-17(24)16-7-10-23(22-16)12-3-2-8-20-11-12;/h1,4-5,7,10,12,20H,2-3,6,8-9,11H2,(H,21,24);1H. The summed E-state index contributed by atoms with van der Waals surface area (Å²) in [5.74, 6) is -0.180. The van der Waals surface area contributed by atoms with Gasteiger partial charge >= 0.3 is 0 Å². The largest absolute Gasteiger partial charge is 0.350 e. The molecular formula is C17H21Cl3N4O. The second-order valence-electron chi connectivity index (χ2n) is 5.89. The number of hydrogen-bond donors (Lipinski definition) is 2. The quantitative estimate of drug-likeness (QED) is 0.803. The molecule has 1 aliphatic heterocycles. The van der Waals surface area contributed by atoms with E-state index in [1.807, 2.05) is 10.9 Å². The third kappa shape index (κ3) is 5.11. The van der Waals surface area contributed by atoms with Crippen LogP contribution < -0.4 is 10.6 Å². The van der Waals surface area contributed by atoms with Crippen LogP contribution in [0.15, 0.2) is 30.5 Å². The van der Waals surface area contributed by atoms with Gasteiger partial charge in [-0.1, -0.05) is 29.3 Å². The minimum atomic E-state index is -0.180. The van der Waals surface area contributed by atoms with E-state index in [1.54, 1.807) is 24.3 Å². The molecule has 0 saturated carbocycles.